The molecule has 0 bridgehead atoms. The predicted molar refractivity (Wildman–Crippen MR) is 131 cm³/mol. The summed E-state index contributed by atoms with van der Waals surface area (Å²) in [6, 6.07) is 8.22. The Kier molecular flexibility index (Phi) is 8.83. The second-order valence-electron chi connectivity index (χ2n) is 9.26. The molecule has 210 valence electrons. The van der Waals surface area contributed by atoms with E-state index in [1.807, 2.05) is 0 Å². The van der Waals surface area contributed by atoms with Crippen molar-refractivity contribution in [1.29, 1.82) is 0 Å². The predicted octanol–water partition coefficient (Wildman–Crippen LogP) is 0.411. The van der Waals surface area contributed by atoms with Gasteiger partial charge in [0.1, 0.15) is 24.4 Å². The van der Waals surface area contributed by atoms with Crippen LogP contribution in [0.2, 0.25) is 0 Å². The van der Waals surface area contributed by atoms with Crippen molar-refractivity contribution >= 4 is 0 Å². The summed E-state index contributed by atoms with van der Waals surface area (Å²) in [5, 5.41) is 60.6. The van der Waals surface area contributed by atoms with Gasteiger partial charge in [0.05, 0.1) is 47.3 Å². The van der Waals surface area contributed by atoms with Crippen LogP contribution in [0.25, 0.3) is 0 Å². The maximum absolute atomic E-state index is 10.4. The molecule has 8 atom stereocenters. The molecule has 12 heteroatoms. The molecule has 0 aliphatic carbocycles. The number of methoxy groups -OCH3 is 3. The first-order valence-corrected chi connectivity index (χ1v) is 12.1. The minimum Gasteiger partial charge on any atom is -0.504 e. The van der Waals surface area contributed by atoms with E-state index in [0.717, 1.165) is 5.56 Å². The van der Waals surface area contributed by atoms with Crippen LogP contribution in [0, 0.1) is 5.92 Å². The van der Waals surface area contributed by atoms with E-state index >= 15 is 0 Å². The highest BCUT2D eigenvalue weighted by Crippen LogP contribution is 2.48. The first-order valence-electron chi connectivity index (χ1n) is 12.1. The van der Waals surface area contributed by atoms with E-state index in [1.165, 1.54) is 27.4 Å². The quantitative estimate of drug-likeness (QED) is 0.260. The van der Waals surface area contributed by atoms with Crippen molar-refractivity contribution in [2.75, 3.05) is 41.2 Å². The molecule has 2 fully saturated rings. The van der Waals surface area contributed by atoms with Crippen LogP contribution in [0.15, 0.2) is 30.3 Å². The Morgan fingerprint density at radius 1 is 0.842 bits per heavy atom. The molecule has 6 N–H and O–H groups in total. The van der Waals surface area contributed by atoms with Gasteiger partial charge in [-0.1, -0.05) is 6.07 Å². The van der Waals surface area contributed by atoms with E-state index in [0.29, 0.717) is 5.56 Å². The summed E-state index contributed by atoms with van der Waals surface area (Å²) in [5.74, 6) is -0.203. The summed E-state index contributed by atoms with van der Waals surface area (Å²) in [5.41, 5.74) is 1.43. The summed E-state index contributed by atoms with van der Waals surface area (Å²) in [6.07, 6.45) is -7.68. The van der Waals surface area contributed by atoms with Gasteiger partial charge in [0.2, 0.25) is 5.75 Å². The highest BCUT2D eigenvalue weighted by atomic mass is 16.7. The lowest BCUT2D eigenvalue weighted by Crippen LogP contribution is -2.59. The van der Waals surface area contributed by atoms with Gasteiger partial charge in [-0.15, -0.1) is 0 Å². The third-order valence-corrected chi connectivity index (χ3v) is 7.13. The van der Waals surface area contributed by atoms with Gasteiger partial charge in [-0.25, -0.2) is 0 Å². The maximum atomic E-state index is 10.4. The molecule has 2 saturated heterocycles. The van der Waals surface area contributed by atoms with E-state index in [1.54, 1.807) is 24.3 Å². The molecule has 0 radical (unpaired) electrons. The monoisotopic (exact) mass is 538 g/mol. The van der Waals surface area contributed by atoms with Crippen molar-refractivity contribution in [3.63, 3.8) is 0 Å². The first-order chi connectivity index (χ1) is 18.2. The smallest absolute Gasteiger partial charge is 0.200 e. The number of hydrogen-bond donors (Lipinski definition) is 6. The molecule has 0 aromatic heterocycles. The summed E-state index contributed by atoms with van der Waals surface area (Å²) in [4.78, 5) is 0. The molecule has 0 saturated carbocycles. The van der Waals surface area contributed by atoms with E-state index in [-0.39, 0.29) is 47.9 Å². The molecule has 2 aromatic carbocycles. The van der Waals surface area contributed by atoms with Crippen LogP contribution in [0.5, 0.6) is 28.7 Å². The Bertz CT molecular complexity index is 1070. The first kappa shape index (κ1) is 28.2. The maximum Gasteiger partial charge on any atom is 0.200 e. The highest BCUT2D eigenvalue weighted by molar-refractivity contribution is 5.53. The van der Waals surface area contributed by atoms with Gasteiger partial charge >= 0.3 is 0 Å². The molecule has 4 rings (SSSR count). The normalized spacial score (nSPS) is 31.2. The average molecular weight is 539 g/mol. The zero-order valence-electron chi connectivity index (χ0n) is 21.3. The molecule has 8 unspecified atom stereocenters. The van der Waals surface area contributed by atoms with Crippen molar-refractivity contribution < 1.29 is 59.1 Å². The molecule has 0 amide bonds. The van der Waals surface area contributed by atoms with Crippen LogP contribution in [0.1, 0.15) is 23.1 Å². The highest BCUT2D eigenvalue weighted by Gasteiger charge is 2.46. The number of aliphatic hydroxyl groups excluding tert-OH is 4. The Hall–Kier alpha value is -2.84. The van der Waals surface area contributed by atoms with Gasteiger partial charge in [-0.2, -0.15) is 0 Å². The molecule has 0 spiro atoms. The second-order valence-corrected chi connectivity index (χ2v) is 9.26. The zero-order chi connectivity index (χ0) is 27.6. The average Bonchev–Trinajstić information content (AvgIpc) is 3.35. The van der Waals surface area contributed by atoms with Crippen molar-refractivity contribution in [2.45, 2.75) is 42.7 Å². The lowest BCUT2D eigenvalue weighted by Gasteiger charge is -2.40. The largest absolute Gasteiger partial charge is 0.504 e. The van der Waals surface area contributed by atoms with Gasteiger partial charge < -0.3 is 59.1 Å². The summed E-state index contributed by atoms with van der Waals surface area (Å²) >= 11 is 0. The molecule has 2 aliphatic heterocycles. The number of benzene rings is 2. The minimum atomic E-state index is -1.58. The molecular formula is C26H34O12. The molecule has 12 nitrogen and oxygen atoms in total. The summed E-state index contributed by atoms with van der Waals surface area (Å²) in [7, 11) is 4.28. The number of phenols is 2. The molecular weight excluding hydrogens is 504 g/mol. The molecule has 2 heterocycles. The molecule has 38 heavy (non-hydrogen) atoms. The number of phenolic OH excluding ortho intramolecular Hbond substituents is 2. The van der Waals surface area contributed by atoms with Gasteiger partial charge in [0.15, 0.2) is 29.3 Å². The number of rotatable bonds is 9. The van der Waals surface area contributed by atoms with Crippen LogP contribution in [-0.2, 0) is 14.2 Å². The fourth-order valence-corrected chi connectivity index (χ4v) is 4.97. The van der Waals surface area contributed by atoms with Crippen LogP contribution < -0.4 is 14.2 Å². The van der Waals surface area contributed by atoms with Crippen molar-refractivity contribution in [3.05, 3.63) is 41.5 Å². The Labute approximate surface area is 219 Å². The van der Waals surface area contributed by atoms with Gasteiger partial charge in [-0.05, 0) is 35.4 Å². The Morgan fingerprint density at radius 3 is 2.08 bits per heavy atom. The fraction of sp³-hybridized carbons (Fsp3) is 0.538. The van der Waals surface area contributed by atoms with Crippen LogP contribution in [0.4, 0.5) is 0 Å². The number of hydrogen-bond acceptors (Lipinski definition) is 12. The van der Waals surface area contributed by atoms with E-state index in [4.69, 9.17) is 28.4 Å². The van der Waals surface area contributed by atoms with Gasteiger partial charge in [0.25, 0.3) is 0 Å². The Balaban J connectivity index is 1.67. The van der Waals surface area contributed by atoms with Crippen LogP contribution in [0.3, 0.4) is 0 Å². The number of aromatic hydroxyl groups is 2. The molecule has 2 aliphatic rings. The molecule has 2 aromatic rings. The van der Waals surface area contributed by atoms with Crippen LogP contribution >= 0.6 is 0 Å². The minimum absolute atomic E-state index is 0.0196. The standard InChI is InChI=1S/C26H34O12/c1-33-17-6-12(4-5-16(17)28)14-10-36-25(13-7-18(34-2)21(29)19(8-13)35-3)15(14)11-37-26-24(32)23(31)22(30)20(9-27)38-26/h4-8,14-15,20,22-32H,9-11H2,1-3H3. The van der Waals surface area contributed by atoms with Gasteiger partial charge in [-0.3, -0.25) is 0 Å². The van der Waals surface area contributed by atoms with Crippen molar-refractivity contribution in [3.8, 4) is 28.7 Å². The second kappa shape index (κ2) is 11.9. The zero-order valence-corrected chi connectivity index (χ0v) is 21.3. The SMILES string of the molecule is COc1cc(C2COC(c3cc(OC)c(O)c(OC)c3)C2COC2OC(CO)C(O)C(O)C2O)ccc1O. The van der Waals surface area contributed by atoms with E-state index in [2.05, 4.69) is 0 Å². The lowest BCUT2D eigenvalue weighted by molar-refractivity contribution is -0.303. The lowest BCUT2D eigenvalue weighted by atomic mass is 9.83. The van der Waals surface area contributed by atoms with Crippen LogP contribution in [-0.4, -0.2) is 102 Å². The number of aliphatic hydroxyl groups is 4. The third kappa shape index (κ3) is 5.34. The summed E-state index contributed by atoms with van der Waals surface area (Å²) in [6.45, 7) is -0.359. The third-order valence-electron chi connectivity index (χ3n) is 7.13. The van der Waals surface area contributed by atoms with Crippen molar-refractivity contribution in [1.82, 2.24) is 0 Å². The van der Waals surface area contributed by atoms with Crippen molar-refractivity contribution in [2.24, 2.45) is 5.92 Å². The number of ether oxygens (including phenoxy) is 6. The summed E-state index contributed by atoms with van der Waals surface area (Å²) < 4.78 is 33.5. The Morgan fingerprint density at radius 2 is 1.47 bits per heavy atom. The fourth-order valence-electron chi connectivity index (χ4n) is 4.97. The topological polar surface area (TPSA) is 177 Å². The van der Waals surface area contributed by atoms with Gasteiger partial charge in [0, 0.05) is 11.8 Å². The van der Waals surface area contributed by atoms with E-state index in [9.17, 15) is 30.6 Å². The van der Waals surface area contributed by atoms with E-state index < -0.39 is 49.3 Å².